The topological polar surface area (TPSA) is 69.6 Å². The molecule has 0 fully saturated rings. The minimum Gasteiger partial charge on any atom is -0.480 e. The lowest BCUT2D eigenvalue weighted by Gasteiger charge is -2.38. The van der Waals surface area contributed by atoms with Gasteiger partial charge < -0.3 is 10.2 Å². The number of aliphatic carboxylic acids is 1. The Morgan fingerprint density at radius 3 is 1.89 bits per heavy atom. The highest BCUT2D eigenvalue weighted by atomic mass is 16.4. The van der Waals surface area contributed by atoms with E-state index in [-0.39, 0.29) is 6.61 Å². The second-order valence-corrected chi connectivity index (χ2v) is 7.33. The Bertz CT molecular complexity index is 954. The summed E-state index contributed by atoms with van der Waals surface area (Å²) in [6.45, 7) is 1.54. The highest BCUT2D eigenvalue weighted by Crippen LogP contribution is 2.51. The first-order chi connectivity index (χ1) is 13.6. The first-order valence-corrected chi connectivity index (χ1v) is 9.46. The molecular weight excluding hydrogens is 350 g/mol. The summed E-state index contributed by atoms with van der Waals surface area (Å²) in [6.07, 6.45) is 0. The summed E-state index contributed by atoms with van der Waals surface area (Å²) in [5.41, 5.74) is 4.41. The molecule has 0 saturated carbocycles. The number of aliphatic hydroxyl groups is 1. The van der Waals surface area contributed by atoms with Crippen molar-refractivity contribution in [1.29, 1.82) is 0 Å². The average molecular weight is 373 g/mol. The molecule has 0 spiro atoms. The van der Waals surface area contributed by atoms with Crippen LogP contribution in [0.2, 0.25) is 0 Å². The van der Waals surface area contributed by atoms with E-state index in [1.807, 2.05) is 54.6 Å². The van der Waals surface area contributed by atoms with E-state index in [1.165, 1.54) is 0 Å². The summed E-state index contributed by atoms with van der Waals surface area (Å²) in [5, 5.41) is 23.0. The molecule has 3 N–H and O–H groups in total. The maximum atomic E-state index is 12.1. The summed E-state index contributed by atoms with van der Waals surface area (Å²) in [5.74, 6) is -1.42. The molecule has 2 unspecified atom stereocenters. The van der Waals surface area contributed by atoms with E-state index in [1.54, 1.807) is 6.92 Å². The number of benzene rings is 3. The van der Waals surface area contributed by atoms with Gasteiger partial charge in [0.2, 0.25) is 0 Å². The van der Waals surface area contributed by atoms with E-state index in [4.69, 9.17) is 0 Å². The van der Waals surface area contributed by atoms with Crippen molar-refractivity contribution in [3.8, 4) is 11.1 Å². The average Bonchev–Trinajstić information content (AvgIpc) is 3.03. The molecule has 0 aliphatic heterocycles. The molecule has 0 radical (unpaired) electrons. The van der Waals surface area contributed by atoms with Crippen molar-refractivity contribution in [3.63, 3.8) is 0 Å². The van der Waals surface area contributed by atoms with Crippen LogP contribution in [0.1, 0.15) is 23.6 Å². The number of nitrogens with one attached hydrogen (secondary N) is 1. The SMILES string of the molecule is CC(CO)C(NC1(c2ccccc2)c2ccccc2-c2ccccc21)C(=O)O. The largest absolute Gasteiger partial charge is 0.480 e. The molecule has 4 heteroatoms. The van der Waals surface area contributed by atoms with Gasteiger partial charge in [-0.3, -0.25) is 10.1 Å². The molecular formula is C24H23NO3. The number of hydrogen-bond acceptors (Lipinski definition) is 3. The lowest BCUT2D eigenvalue weighted by molar-refractivity contribution is -0.141. The molecule has 0 bridgehead atoms. The van der Waals surface area contributed by atoms with Gasteiger partial charge in [0.25, 0.3) is 0 Å². The molecule has 4 nitrogen and oxygen atoms in total. The fourth-order valence-corrected chi connectivity index (χ4v) is 4.26. The lowest BCUT2D eigenvalue weighted by Crippen LogP contribution is -2.54. The molecule has 0 aromatic heterocycles. The summed E-state index contributed by atoms with van der Waals surface area (Å²) in [4.78, 5) is 12.1. The van der Waals surface area contributed by atoms with E-state index in [9.17, 15) is 15.0 Å². The Balaban J connectivity index is 2.02. The molecule has 28 heavy (non-hydrogen) atoms. The van der Waals surface area contributed by atoms with E-state index in [0.29, 0.717) is 0 Å². The second-order valence-electron chi connectivity index (χ2n) is 7.33. The summed E-state index contributed by atoms with van der Waals surface area (Å²) in [6, 6.07) is 25.2. The van der Waals surface area contributed by atoms with Crippen molar-refractivity contribution in [3.05, 3.63) is 95.6 Å². The molecule has 142 valence electrons. The predicted octanol–water partition coefficient (Wildman–Crippen LogP) is 3.63. The number of rotatable bonds is 6. The van der Waals surface area contributed by atoms with Crippen LogP contribution in [0, 0.1) is 5.92 Å². The van der Waals surface area contributed by atoms with Crippen LogP contribution in [0.3, 0.4) is 0 Å². The molecule has 0 heterocycles. The zero-order chi connectivity index (χ0) is 19.7. The number of carboxylic acids is 1. The molecule has 1 aliphatic carbocycles. The van der Waals surface area contributed by atoms with Gasteiger partial charge >= 0.3 is 5.97 Å². The lowest BCUT2D eigenvalue weighted by atomic mass is 9.79. The molecule has 1 aliphatic rings. The van der Waals surface area contributed by atoms with Crippen molar-refractivity contribution in [1.82, 2.24) is 5.32 Å². The van der Waals surface area contributed by atoms with Crippen LogP contribution in [0.5, 0.6) is 0 Å². The predicted molar refractivity (Wildman–Crippen MR) is 109 cm³/mol. The van der Waals surface area contributed by atoms with Crippen LogP contribution in [-0.4, -0.2) is 28.8 Å². The quantitative estimate of drug-likeness (QED) is 0.617. The molecule has 0 saturated heterocycles. The van der Waals surface area contributed by atoms with Gasteiger partial charge in [-0.15, -0.1) is 0 Å². The zero-order valence-electron chi connectivity index (χ0n) is 15.7. The number of hydrogen-bond donors (Lipinski definition) is 3. The van der Waals surface area contributed by atoms with Crippen LogP contribution in [0.15, 0.2) is 78.9 Å². The van der Waals surface area contributed by atoms with Crippen molar-refractivity contribution < 1.29 is 15.0 Å². The van der Waals surface area contributed by atoms with Crippen LogP contribution in [0.25, 0.3) is 11.1 Å². The summed E-state index contributed by atoms with van der Waals surface area (Å²) >= 11 is 0. The van der Waals surface area contributed by atoms with Gasteiger partial charge in [0.1, 0.15) is 6.04 Å². The Hall–Kier alpha value is -2.95. The fraction of sp³-hybridized carbons (Fsp3) is 0.208. The monoisotopic (exact) mass is 373 g/mol. The summed E-state index contributed by atoms with van der Waals surface area (Å²) in [7, 11) is 0. The minimum absolute atomic E-state index is 0.210. The van der Waals surface area contributed by atoms with Crippen molar-refractivity contribution in [2.24, 2.45) is 5.92 Å². The van der Waals surface area contributed by atoms with Crippen molar-refractivity contribution in [2.75, 3.05) is 6.61 Å². The highest BCUT2D eigenvalue weighted by molar-refractivity contribution is 5.84. The minimum atomic E-state index is -0.973. The van der Waals surface area contributed by atoms with Gasteiger partial charge in [-0.05, 0) is 27.8 Å². The van der Waals surface area contributed by atoms with Gasteiger partial charge in [0, 0.05) is 12.5 Å². The van der Waals surface area contributed by atoms with Crippen molar-refractivity contribution in [2.45, 2.75) is 18.5 Å². The van der Waals surface area contributed by atoms with Crippen LogP contribution in [-0.2, 0) is 10.3 Å². The smallest absolute Gasteiger partial charge is 0.321 e. The maximum absolute atomic E-state index is 12.1. The molecule has 2 atom stereocenters. The second kappa shape index (κ2) is 7.23. The number of carboxylic acid groups (broad SMARTS) is 1. The Kier molecular flexibility index (Phi) is 4.75. The van der Waals surface area contributed by atoms with Gasteiger partial charge in [0.15, 0.2) is 0 Å². The zero-order valence-corrected chi connectivity index (χ0v) is 15.7. The Morgan fingerprint density at radius 1 is 0.893 bits per heavy atom. The Labute approximate surface area is 164 Å². The first-order valence-electron chi connectivity index (χ1n) is 9.46. The number of aliphatic hydroxyl groups excluding tert-OH is 1. The van der Waals surface area contributed by atoms with Gasteiger partial charge in [-0.1, -0.05) is 85.8 Å². The normalized spacial score (nSPS) is 16.1. The van der Waals surface area contributed by atoms with Crippen LogP contribution in [0.4, 0.5) is 0 Å². The third kappa shape index (κ3) is 2.73. The standard InChI is InChI=1S/C24H23NO3/c1-16(15-26)22(23(27)28)25-24(17-9-3-2-4-10-17)20-13-7-5-11-18(20)19-12-6-8-14-21(19)24/h2-14,16,22,25-26H,15H2,1H3,(H,27,28). The molecule has 3 aromatic rings. The van der Waals surface area contributed by atoms with Crippen LogP contribution < -0.4 is 5.32 Å². The van der Waals surface area contributed by atoms with E-state index < -0.39 is 23.5 Å². The molecule has 3 aromatic carbocycles. The van der Waals surface area contributed by atoms with Crippen molar-refractivity contribution >= 4 is 5.97 Å². The summed E-state index contributed by atoms with van der Waals surface area (Å²) < 4.78 is 0. The Morgan fingerprint density at radius 2 is 1.39 bits per heavy atom. The van der Waals surface area contributed by atoms with E-state index >= 15 is 0 Å². The fourth-order valence-electron chi connectivity index (χ4n) is 4.26. The van der Waals surface area contributed by atoms with E-state index in [0.717, 1.165) is 27.8 Å². The van der Waals surface area contributed by atoms with Crippen LogP contribution >= 0.6 is 0 Å². The van der Waals surface area contributed by atoms with E-state index in [2.05, 4.69) is 29.6 Å². The highest BCUT2D eigenvalue weighted by Gasteiger charge is 2.47. The third-order valence-corrected chi connectivity index (χ3v) is 5.65. The number of fused-ring (bicyclic) bond motifs is 3. The van der Waals surface area contributed by atoms with Gasteiger partial charge in [0.05, 0.1) is 5.54 Å². The number of carbonyl (C=O) groups is 1. The molecule has 0 amide bonds. The van der Waals surface area contributed by atoms with Gasteiger partial charge in [-0.2, -0.15) is 0 Å². The maximum Gasteiger partial charge on any atom is 0.321 e. The third-order valence-electron chi connectivity index (χ3n) is 5.65. The molecule has 4 rings (SSSR count). The first kappa shape index (κ1) is 18.4. The van der Waals surface area contributed by atoms with Gasteiger partial charge in [-0.25, -0.2) is 0 Å².